The van der Waals surface area contributed by atoms with Crippen LogP contribution in [-0.2, 0) is 6.54 Å². The van der Waals surface area contributed by atoms with E-state index in [0.29, 0.717) is 12.4 Å². The first-order valence-electron chi connectivity index (χ1n) is 4.50. The van der Waals surface area contributed by atoms with E-state index in [1.165, 1.54) is 6.20 Å². The molecule has 2 aromatic rings. The van der Waals surface area contributed by atoms with Crippen molar-refractivity contribution in [3.8, 4) is 11.4 Å². The Morgan fingerprint density at radius 1 is 1.50 bits per heavy atom. The zero-order valence-corrected chi connectivity index (χ0v) is 8.40. The standard InChI is InChI=1S/C8H9N5O3/c1-9-3-5-11-6(13-16-5)4-2-10-8(15)12-7(4)14/h2,9H,3H2,1H3,(H2,10,12,14,15). The van der Waals surface area contributed by atoms with E-state index in [4.69, 9.17) is 4.52 Å². The van der Waals surface area contributed by atoms with Gasteiger partial charge < -0.3 is 14.8 Å². The number of H-pyrrole nitrogens is 2. The summed E-state index contributed by atoms with van der Waals surface area (Å²) in [5.74, 6) is 0.505. The number of rotatable bonds is 3. The maximum absolute atomic E-state index is 11.4. The minimum Gasteiger partial charge on any atom is -0.338 e. The third kappa shape index (κ3) is 1.91. The molecule has 0 fully saturated rings. The van der Waals surface area contributed by atoms with Crippen molar-refractivity contribution in [3.05, 3.63) is 32.9 Å². The van der Waals surface area contributed by atoms with Crippen molar-refractivity contribution >= 4 is 0 Å². The first-order chi connectivity index (χ1) is 7.70. The highest BCUT2D eigenvalue weighted by molar-refractivity contribution is 5.50. The fourth-order valence-corrected chi connectivity index (χ4v) is 1.16. The van der Waals surface area contributed by atoms with Gasteiger partial charge in [-0.15, -0.1) is 0 Å². The Balaban J connectivity index is 2.42. The van der Waals surface area contributed by atoms with Gasteiger partial charge in [-0.05, 0) is 7.05 Å². The lowest BCUT2D eigenvalue weighted by Gasteiger charge is -1.90. The zero-order valence-electron chi connectivity index (χ0n) is 8.40. The molecule has 8 nitrogen and oxygen atoms in total. The molecule has 0 amide bonds. The van der Waals surface area contributed by atoms with Gasteiger partial charge in [0.2, 0.25) is 11.7 Å². The summed E-state index contributed by atoms with van der Waals surface area (Å²) in [4.78, 5) is 30.6. The van der Waals surface area contributed by atoms with Gasteiger partial charge in [-0.3, -0.25) is 9.78 Å². The molecule has 0 spiro atoms. The highest BCUT2D eigenvalue weighted by Crippen LogP contribution is 2.08. The number of hydrogen-bond acceptors (Lipinski definition) is 6. The summed E-state index contributed by atoms with van der Waals surface area (Å²) < 4.78 is 4.88. The Bertz CT molecular complexity index is 596. The molecule has 0 radical (unpaired) electrons. The molecule has 0 bridgehead atoms. The fourth-order valence-electron chi connectivity index (χ4n) is 1.16. The molecule has 0 atom stereocenters. The van der Waals surface area contributed by atoms with E-state index in [1.807, 2.05) is 0 Å². The fraction of sp³-hybridized carbons (Fsp3) is 0.250. The minimum atomic E-state index is -0.576. The maximum Gasteiger partial charge on any atom is 0.325 e. The number of hydrogen-bond donors (Lipinski definition) is 3. The lowest BCUT2D eigenvalue weighted by molar-refractivity contribution is 0.372. The maximum atomic E-state index is 11.4. The molecule has 0 aliphatic rings. The summed E-state index contributed by atoms with van der Waals surface area (Å²) in [6, 6.07) is 0. The molecule has 0 saturated carbocycles. The third-order valence-electron chi connectivity index (χ3n) is 1.86. The normalized spacial score (nSPS) is 10.6. The second kappa shape index (κ2) is 4.11. The van der Waals surface area contributed by atoms with Crippen LogP contribution in [0.1, 0.15) is 5.89 Å². The summed E-state index contributed by atoms with van der Waals surface area (Å²) in [6.07, 6.45) is 1.25. The van der Waals surface area contributed by atoms with Crippen molar-refractivity contribution < 1.29 is 4.52 Å². The smallest absolute Gasteiger partial charge is 0.325 e. The number of aromatic nitrogens is 4. The molecule has 16 heavy (non-hydrogen) atoms. The van der Waals surface area contributed by atoms with Gasteiger partial charge in [0.15, 0.2) is 0 Å². The zero-order chi connectivity index (χ0) is 11.5. The Labute approximate surface area is 88.7 Å². The Morgan fingerprint density at radius 2 is 2.31 bits per heavy atom. The quantitative estimate of drug-likeness (QED) is 0.603. The monoisotopic (exact) mass is 223 g/mol. The average Bonchev–Trinajstić information content (AvgIpc) is 2.67. The third-order valence-corrected chi connectivity index (χ3v) is 1.86. The van der Waals surface area contributed by atoms with E-state index in [-0.39, 0.29) is 11.4 Å². The van der Waals surface area contributed by atoms with Crippen LogP contribution in [0.15, 0.2) is 20.3 Å². The summed E-state index contributed by atoms with van der Waals surface area (Å²) in [6.45, 7) is 0.411. The lowest BCUT2D eigenvalue weighted by Crippen LogP contribution is -2.22. The molecule has 8 heteroatoms. The number of aromatic amines is 2. The summed E-state index contributed by atoms with van der Waals surface area (Å²) >= 11 is 0. The van der Waals surface area contributed by atoms with Crippen LogP contribution in [0.25, 0.3) is 11.4 Å². The molecule has 0 aromatic carbocycles. The van der Waals surface area contributed by atoms with E-state index in [2.05, 4.69) is 25.4 Å². The summed E-state index contributed by atoms with van der Waals surface area (Å²) in [7, 11) is 1.73. The van der Waals surface area contributed by atoms with E-state index in [0.717, 1.165) is 0 Å². The number of nitrogens with one attached hydrogen (secondary N) is 3. The van der Waals surface area contributed by atoms with Crippen LogP contribution in [0, 0.1) is 0 Å². The molecule has 0 saturated heterocycles. The van der Waals surface area contributed by atoms with Crippen molar-refractivity contribution in [1.82, 2.24) is 25.4 Å². The van der Waals surface area contributed by atoms with Gasteiger partial charge >= 0.3 is 5.69 Å². The van der Waals surface area contributed by atoms with Gasteiger partial charge in [0.25, 0.3) is 5.56 Å². The minimum absolute atomic E-state index is 0.141. The summed E-state index contributed by atoms with van der Waals surface area (Å²) in [5.41, 5.74) is -0.973. The van der Waals surface area contributed by atoms with Gasteiger partial charge in [0.1, 0.15) is 5.56 Å². The Kier molecular flexibility index (Phi) is 2.64. The van der Waals surface area contributed by atoms with E-state index < -0.39 is 11.2 Å². The van der Waals surface area contributed by atoms with Gasteiger partial charge in [-0.2, -0.15) is 4.98 Å². The second-order valence-electron chi connectivity index (χ2n) is 3.03. The molecule has 2 rings (SSSR count). The topological polar surface area (TPSA) is 117 Å². The molecule has 3 N–H and O–H groups in total. The molecule has 0 unspecified atom stereocenters. The first-order valence-corrected chi connectivity index (χ1v) is 4.50. The highest BCUT2D eigenvalue weighted by Gasteiger charge is 2.11. The average molecular weight is 223 g/mol. The molecule has 0 aliphatic heterocycles. The molecular weight excluding hydrogens is 214 g/mol. The van der Waals surface area contributed by atoms with Crippen LogP contribution >= 0.6 is 0 Å². The molecule has 2 aromatic heterocycles. The van der Waals surface area contributed by atoms with Crippen LogP contribution in [0.2, 0.25) is 0 Å². The van der Waals surface area contributed by atoms with Crippen molar-refractivity contribution in [3.63, 3.8) is 0 Å². The van der Waals surface area contributed by atoms with E-state index in [1.54, 1.807) is 7.05 Å². The lowest BCUT2D eigenvalue weighted by atomic mass is 10.3. The number of nitrogens with zero attached hydrogens (tertiary/aromatic N) is 2. The van der Waals surface area contributed by atoms with E-state index >= 15 is 0 Å². The largest absolute Gasteiger partial charge is 0.338 e. The molecule has 0 aliphatic carbocycles. The van der Waals surface area contributed by atoms with Crippen molar-refractivity contribution in [2.45, 2.75) is 6.54 Å². The van der Waals surface area contributed by atoms with Gasteiger partial charge in [0.05, 0.1) is 6.54 Å². The predicted molar refractivity (Wildman–Crippen MR) is 53.7 cm³/mol. The van der Waals surface area contributed by atoms with Crippen LogP contribution in [0.4, 0.5) is 0 Å². The highest BCUT2D eigenvalue weighted by atomic mass is 16.5. The van der Waals surface area contributed by atoms with Crippen molar-refractivity contribution in [1.29, 1.82) is 0 Å². The molecule has 84 valence electrons. The predicted octanol–water partition coefficient (Wildman–Crippen LogP) is -1.17. The summed E-state index contributed by atoms with van der Waals surface area (Å²) in [5, 5.41) is 6.46. The van der Waals surface area contributed by atoms with E-state index in [9.17, 15) is 9.59 Å². The van der Waals surface area contributed by atoms with Crippen molar-refractivity contribution in [2.24, 2.45) is 0 Å². The Hall–Kier alpha value is -2.22. The van der Waals surface area contributed by atoms with Gasteiger partial charge in [-0.25, -0.2) is 4.79 Å². The van der Waals surface area contributed by atoms with Crippen molar-refractivity contribution in [2.75, 3.05) is 7.05 Å². The molecule has 2 heterocycles. The second-order valence-corrected chi connectivity index (χ2v) is 3.03. The van der Waals surface area contributed by atoms with Gasteiger partial charge in [0, 0.05) is 6.20 Å². The van der Waals surface area contributed by atoms with Gasteiger partial charge in [-0.1, -0.05) is 5.16 Å². The van der Waals surface area contributed by atoms with Crippen LogP contribution in [0.5, 0.6) is 0 Å². The van der Waals surface area contributed by atoms with Crippen LogP contribution < -0.4 is 16.6 Å². The van der Waals surface area contributed by atoms with Crippen LogP contribution in [-0.4, -0.2) is 27.2 Å². The van der Waals surface area contributed by atoms with Crippen LogP contribution in [0.3, 0.4) is 0 Å². The Morgan fingerprint density at radius 3 is 3.00 bits per heavy atom. The first kappa shape index (κ1) is 10.3. The SMILES string of the molecule is CNCc1nc(-c2c[nH]c(=O)[nH]c2=O)no1. The molecular formula is C8H9N5O3.